The Balaban J connectivity index is 0.000000366. The highest BCUT2D eigenvalue weighted by Crippen LogP contribution is 2.12. The molecule has 1 aromatic rings. The SMILES string of the molecule is CCCCCC.Cc1ccc(C(N)=O)c(N)c1. The van der Waals surface area contributed by atoms with Crippen LogP contribution in [-0.4, -0.2) is 5.91 Å². The minimum atomic E-state index is -0.484. The Kier molecular flexibility index (Phi) is 7.85. The van der Waals surface area contributed by atoms with E-state index in [1.807, 2.05) is 6.92 Å². The summed E-state index contributed by atoms with van der Waals surface area (Å²) in [6.45, 7) is 6.37. The van der Waals surface area contributed by atoms with Gasteiger partial charge in [0.15, 0.2) is 0 Å². The van der Waals surface area contributed by atoms with Gasteiger partial charge < -0.3 is 11.5 Å². The van der Waals surface area contributed by atoms with E-state index in [1.54, 1.807) is 18.2 Å². The third-order valence-corrected chi connectivity index (χ3v) is 2.43. The average molecular weight is 236 g/mol. The molecule has 0 atom stereocenters. The van der Waals surface area contributed by atoms with Gasteiger partial charge in [0.1, 0.15) is 0 Å². The van der Waals surface area contributed by atoms with Crippen molar-refractivity contribution in [3.8, 4) is 0 Å². The van der Waals surface area contributed by atoms with E-state index in [1.165, 1.54) is 25.7 Å². The fourth-order valence-electron chi connectivity index (χ4n) is 1.41. The van der Waals surface area contributed by atoms with Gasteiger partial charge >= 0.3 is 0 Å². The molecule has 0 saturated heterocycles. The summed E-state index contributed by atoms with van der Waals surface area (Å²) < 4.78 is 0. The van der Waals surface area contributed by atoms with Crippen molar-refractivity contribution in [1.82, 2.24) is 0 Å². The molecule has 0 bridgehead atoms. The molecule has 3 nitrogen and oxygen atoms in total. The van der Waals surface area contributed by atoms with E-state index >= 15 is 0 Å². The Bertz CT molecular complexity index is 344. The lowest BCUT2D eigenvalue weighted by Gasteiger charge is -2.00. The molecule has 0 aliphatic carbocycles. The van der Waals surface area contributed by atoms with Crippen molar-refractivity contribution in [1.29, 1.82) is 0 Å². The number of hydrogen-bond donors (Lipinski definition) is 2. The van der Waals surface area contributed by atoms with E-state index in [4.69, 9.17) is 11.5 Å². The van der Waals surface area contributed by atoms with Crippen molar-refractivity contribution in [2.45, 2.75) is 46.5 Å². The molecule has 0 fully saturated rings. The number of unbranched alkanes of at least 4 members (excludes halogenated alkanes) is 3. The number of carbonyl (C=O) groups excluding carboxylic acids is 1. The molecule has 1 amide bonds. The van der Waals surface area contributed by atoms with Gasteiger partial charge in [0.25, 0.3) is 5.91 Å². The molecule has 0 aromatic heterocycles. The van der Waals surface area contributed by atoms with Gasteiger partial charge in [-0.05, 0) is 24.6 Å². The van der Waals surface area contributed by atoms with Crippen LogP contribution in [0.25, 0.3) is 0 Å². The van der Waals surface area contributed by atoms with Crippen LogP contribution >= 0.6 is 0 Å². The largest absolute Gasteiger partial charge is 0.398 e. The van der Waals surface area contributed by atoms with E-state index in [0.717, 1.165) is 5.56 Å². The zero-order valence-electron chi connectivity index (χ0n) is 11.1. The second kappa shape index (κ2) is 8.62. The first-order chi connectivity index (χ1) is 8.02. The van der Waals surface area contributed by atoms with Gasteiger partial charge in [-0.3, -0.25) is 4.79 Å². The molecule has 0 aliphatic rings. The molecule has 0 unspecified atom stereocenters. The maximum absolute atomic E-state index is 10.7. The van der Waals surface area contributed by atoms with Crippen LogP contribution in [0.15, 0.2) is 18.2 Å². The lowest BCUT2D eigenvalue weighted by atomic mass is 10.1. The van der Waals surface area contributed by atoms with Gasteiger partial charge in [-0.1, -0.05) is 45.6 Å². The third kappa shape index (κ3) is 6.61. The van der Waals surface area contributed by atoms with E-state index < -0.39 is 5.91 Å². The summed E-state index contributed by atoms with van der Waals surface area (Å²) in [7, 11) is 0. The second-order valence-electron chi connectivity index (χ2n) is 4.16. The van der Waals surface area contributed by atoms with E-state index in [0.29, 0.717) is 11.3 Å². The smallest absolute Gasteiger partial charge is 0.250 e. The standard InChI is InChI=1S/C8H10N2O.C6H14/c1-5-2-3-6(8(10)11)7(9)4-5;1-3-5-6-4-2/h2-4H,9H2,1H3,(H2,10,11);3-6H2,1-2H3. The number of nitrogens with two attached hydrogens (primary N) is 2. The minimum absolute atomic E-state index is 0.385. The fourth-order valence-corrected chi connectivity index (χ4v) is 1.41. The van der Waals surface area contributed by atoms with Crippen molar-refractivity contribution >= 4 is 11.6 Å². The summed E-state index contributed by atoms with van der Waals surface area (Å²) in [6, 6.07) is 5.16. The van der Waals surface area contributed by atoms with Crippen LogP contribution in [0.3, 0.4) is 0 Å². The maximum atomic E-state index is 10.7. The lowest BCUT2D eigenvalue weighted by Crippen LogP contribution is -2.13. The van der Waals surface area contributed by atoms with Crippen LogP contribution in [0.4, 0.5) is 5.69 Å². The normalized spacial score (nSPS) is 9.35. The minimum Gasteiger partial charge on any atom is -0.398 e. The highest BCUT2D eigenvalue weighted by Gasteiger charge is 2.03. The highest BCUT2D eigenvalue weighted by atomic mass is 16.1. The summed E-state index contributed by atoms with van der Waals surface area (Å²) in [5, 5.41) is 0. The molecule has 0 radical (unpaired) electrons. The first-order valence-electron chi connectivity index (χ1n) is 6.18. The summed E-state index contributed by atoms with van der Waals surface area (Å²) >= 11 is 0. The van der Waals surface area contributed by atoms with Crippen molar-refractivity contribution in [2.24, 2.45) is 5.73 Å². The van der Waals surface area contributed by atoms with Crippen molar-refractivity contribution in [2.75, 3.05) is 5.73 Å². The van der Waals surface area contributed by atoms with E-state index in [9.17, 15) is 4.79 Å². The predicted molar refractivity (Wildman–Crippen MR) is 73.9 cm³/mol. The number of primary amides is 1. The van der Waals surface area contributed by atoms with Gasteiger partial charge in [-0.2, -0.15) is 0 Å². The third-order valence-electron chi connectivity index (χ3n) is 2.43. The molecule has 1 rings (SSSR count). The fraction of sp³-hybridized carbons (Fsp3) is 0.500. The number of rotatable bonds is 4. The Morgan fingerprint density at radius 1 is 1.18 bits per heavy atom. The van der Waals surface area contributed by atoms with Crippen LogP contribution in [0.1, 0.15) is 55.5 Å². The predicted octanol–water partition coefficient (Wildman–Crippen LogP) is 3.26. The van der Waals surface area contributed by atoms with Gasteiger partial charge in [0, 0.05) is 5.69 Å². The second-order valence-corrected chi connectivity index (χ2v) is 4.16. The van der Waals surface area contributed by atoms with Crippen LogP contribution in [0.5, 0.6) is 0 Å². The molecule has 0 spiro atoms. The molecule has 1 aromatic carbocycles. The van der Waals surface area contributed by atoms with E-state index in [-0.39, 0.29) is 0 Å². The molecule has 96 valence electrons. The zero-order chi connectivity index (χ0) is 13.3. The number of nitrogen functional groups attached to an aromatic ring is 1. The molecular formula is C14H24N2O. The van der Waals surface area contributed by atoms with Crippen molar-refractivity contribution in [3.05, 3.63) is 29.3 Å². The number of aryl methyl sites for hydroxylation is 1. The summed E-state index contributed by atoms with van der Waals surface area (Å²) in [5.74, 6) is -0.484. The Hall–Kier alpha value is -1.51. The number of carbonyl (C=O) groups is 1. The Morgan fingerprint density at radius 2 is 1.71 bits per heavy atom. The Morgan fingerprint density at radius 3 is 2.06 bits per heavy atom. The van der Waals surface area contributed by atoms with Crippen LogP contribution in [-0.2, 0) is 0 Å². The Labute approximate surface area is 104 Å². The first kappa shape index (κ1) is 15.5. The number of amides is 1. The molecule has 0 aliphatic heterocycles. The van der Waals surface area contributed by atoms with Crippen LogP contribution in [0.2, 0.25) is 0 Å². The molecule has 17 heavy (non-hydrogen) atoms. The molecule has 0 saturated carbocycles. The van der Waals surface area contributed by atoms with Gasteiger partial charge in [-0.15, -0.1) is 0 Å². The molecule has 0 heterocycles. The summed E-state index contributed by atoms with van der Waals surface area (Å²) in [5.41, 5.74) is 12.4. The number of anilines is 1. The van der Waals surface area contributed by atoms with Gasteiger partial charge in [-0.25, -0.2) is 0 Å². The lowest BCUT2D eigenvalue weighted by molar-refractivity contribution is 0.100. The van der Waals surface area contributed by atoms with Gasteiger partial charge in [0.05, 0.1) is 5.56 Å². The molecule has 3 heteroatoms. The molecule has 4 N–H and O–H groups in total. The van der Waals surface area contributed by atoms with E-state index in [2.05, 4.69) is 13.8 Å². The summed E-state index contributed by atoms with van der Waals surface area (Å²) in [6.07, 6.45) is 5.54. The quantitative estimate of drug-likeness (QED) is 0.622. The summed E-state index contributed by atoms with van der Waals surface area (Å²) in [4.78, 5) is 10.7. The zero-order valence-corrected chi connectivity index (χ0v) is 11.1. The highest BCUT2D eigenvalue weighted by molar-refractivity contribution is 5.97. The molecular weight excluding hydrogens is 212 g/mol. The number of hydrogen-bond acceptors (Lipinski definition) is 2. The van der Waals surface area contributed by atoms with Crippen molar-refractivity contribution in [3.63, 3.8) is 0 Å². The van der Waals surface area contributed by atoms with Crippen LogP contribution < -0.4 is 11.5 Å². The van der Waals surface area contributed by atoms with Crippen molar-refractivity contribution < 1.29 is 4.79 Å². The monoisotopic (exact) mass is 236 g/mol. The van der Waals surface area contributed by atoms with Gasteiger partial charge in [0.2, 0.25) is 0 Å². The average Bonchev–Trinajstić information content (AvgIpc) is 2.26. The topological polar surface area (TPSA) is 69.1 Å². The number of benzene rings is 1. The maximum Gasteiger partial charge on any atom is 0.250 e. The van der Waals surface area contributed by atoms with Crippen LogP contribution in [0, 0.1) is 6.92 Å². The first-order valence-corrected chi connectivity index (χ1v) is 6.18.